The van der Waals surface area contributed by atoms with Gasteiger partial charge in [-0.05, 0) is 45.8 Å². The summed E-state index contributed by atoms with van der Waals surface area (Å²) in [5.41, 5.74) is 0. The first kappa shape index (κ1) is 12.8. The zero-order chi connectivity index (χ0) is 12.1. The average molecular weight is 236 g/mol. The molecule has 1 aliphatic carbocycles. The summed E-state index contributed by atoms with van der Waals surface area (Å²) < 4.78 is 0. The van der Waals surface area contributed by atoms with Crippen LogP contribution in [0.25, 0.3) is 0 Å². The van der Waals surface area contributed by atoms with E-state index in [9.17, 15) is 0 Å². The lowest BCUT2D eigenvalue weighted by molar-refractivity contribution is 0.248. The average Bonchev–Trinajstić information content (AvgIpc) is 2.98. The van der Waals surface area contributed by atoms with E-state index in [4.69, 9.17) is 5.26 Å². The molecule has 96 valence electrons. The summed E-state index contributed by atoms with van der Waals surface area (Å²) in [6.45, 7) is 5.59. The van der Waals surface area contributed by atoms with Gasteiger partial charge < -0.3 is 9.80 Å². The Morgan fingerprint density at radius 2 is 2.12 bits per heavy atom. The lowest BCUT2D eigenvalue weighted by Gasteiger charge is -2.23. The summed E-state index contributed by atoms with van der Waals surface area (Å²) in [7, 11) is 2.12. The minimum absolute atomic E-state index is 0.00563. The molecule has 0 aromatic heterocycles. The normalized spacial score (nSPS) is 22.9. The molecule has 0 aromatic rings. The first-order valence-corrected chi connectivity index (χ1v) is 6.84. The highest BCUT2D eigenvalue weighted by Gasteiger charge is 2.25. The van der Waals surface area contributed by atoms with Gasteiger partial charge in [-0.2, -0.15) is 5.26 Å². The van der Waals surface area contributed by atoms with Crippen molar-refractivity contribution in [2.24, 2.45) is 0 Å². The van der Waals surface area contributed by atoms with Gasteiger partial charge in [0.15, 0.2) is 0 Å². The summed E-state index contributed by atoms with van der Waals surface area (Å²) >= 11 is 0. The molecule has 0 radical (unpaired) electrons. The van der Waals surface area contributed by atoms with Gasteiger partial charge in [0.25, 0.3) is 0 Å². The fraction of sp³-hybridized carbons (Fsp3) is 0.923. The molecule has 4 heteroatoms. The molecule has 2 aliphatic rings. The van der Waals surface area contributed by atoms with Crippen LogP contribution in [0.2, 0.25) is 0 Å². The molecular weight excluding hydrogens is 212 g/mol. The molecule has 1 heterocycles. The zero-order valence-electron chi connectivity index (χ0n) is 10.9. The van der Waals surface area contributed by atoms with Gasteiger partial charge in [-0.25, -0.2) is 0 Å². The standard InChI is InChI=1S/C13H24N4/c1-16(8-9-17-6-2-3-7-17)11-13(10-14)15-12-4-5-12/h12-13,15H,2-9,11H2,1H3. The molecule has 0 bridgehead atoms. The van der Waals surface area contributed by atoms with Crippen LogP contribution in [-0.2, 0) is 0 Å². The first-order valence-electron chi connectivity index (χ1n) is 6.84. The van der Waals surface area contributed by atoms with E-state index >= 15 is 0 Å². The van der Waals surface area contributed by atoms with Crippen LogP contribution >= 0.6 is 0 Å². The number of likely N-dealkylation sites (N-methyl/N-ethyl adjacent to an activating group) is 1. The number of hydrogen-bond acceptors (Lipinski definition) is 4. The lowest BCUT2D eigenvalue weighted by atomic mass is 10.3. The van der Waals surface area contributed by atoms with Crippen LogP contribution in [0, 0.1) is 11.3 Å². The topological polar surface area (TPSA) is 42.3 Å². The zero-order valence-corrected chi connectivity index (χ0v) is 10.9. The molecule has 4 nitrogen and oxygen atoms in total. The lowest BCUT2D eigenvalue weighted by Crippen LogP contribution is -2.42. The molecule has 2 fully saturated rings. The van der Waals surface area contributed by atoms with Crippen LogP contribution < -0.4 is 5.32 Å². The van der Waals surface area contributed by atoms with Crippen LogP contribution in [0.15, 0.2) is 0 Å². The Morgan fingerprint density at radius 3 is 2.71 bits per heavy atom. The summed E-state index contributed by atoms with van der Waals surface area (Å²) in [6.07, 6.45) is 5.20. The number of nitrogens with zero attached hydrogens (tertiary/aromatic N) is 3. The summed E-state index contributed by atoms with van der Waals surface area (Å²) in [6, 6.07) is 2.99. The van der Waals surface area contributed by atoms with E-state index in [-0.39, 0.29) is 6.04 Å². The fourth-order valence-electron chi connectivity index (χ4n) is 2.39. The Balaban J connectivity index is 1.60. The monoisotopic (exact) mass is 236 g/mol. The molecule has 1 aliphatic heterocycles. The third-order valence-corrected chi connectivity index (χ3v) is 3.66. The molecule has 1 atom stereocenters. The largest absolute Gasteiger partial charge is 0.302 e. The summed E-state index contributed by atoms with van der Waals surface area (Å²) in [4.78, 5) is 4.80. The second-order valence-electron chi connectivity index (χ2n) is 5.43. The van der Waals surface area contributed by atoms with Crippen molar-refractivity contribution in [3.05, 3.63) is 0 Å². The highest BCUT2D eigenvalue weighted by atomic mass is 15.2. The van der Waals surface area contributed by atoms with E-state index in [1.807, 2.05) is 0 Å². The van der Waals surface area contributed by atoms with Crippen LogP contribution in [0.3, 0.4) is 0 Å². The van der Waals surface area contributed by atoms with Crippen molar-refractivity contribution in [2.75, 3.05) is 39.8 Å². The highest BCUT2D eigenvalue weighted by molar-refractivity contribution is 4.97. The van der Waals surface area contributed by atoms with Gasteiger partial charge in [-0.3, -0.25) is 5.32 Å². The van der Waals surface area contributed by atoms with Gasteiger partial charge in [0, 0.05) is 25.7 Å². The molecule has 1 unspecified atom stereocenters. The Hall–Kier alpha value is -0.630. The first-order chi connectivity index (χ1) is 8.28. The van der Waals surface area contributed by atoms with Crippen LogP contribution in [-0.4, -0.2) is 61.7 Å². The van der Waals surface area contributed by atoms with Crippen molar-refractivity contribution in [3.63, 3.8) is 0 Å². The quantitative estimate of drug-likeness (QED) is 0.705. The third-order valence-electron chi connectivity index (χ3n) is 3.66. The molecule has 0 amide bonds. The smallest absolute Gasteiger partial charge is 0.108 e. The molecule has 0 spiro atoms. The van der Waals surface area contributed by atoms with E-state index in [1.54, 1.807) is 0 Å². The molecule has 1 saturated carbocycles. The van der Waals surface area contributed by atoms with Crippen LogP contribution in [0.1, 0.15) is 25.7 Å². The number of nitrogens with one attached hydrogen (secondary N) is 1. The second kappa shape index (κ2) is 6.34. The number of hydrogen-bond donors (Lipinski definition) is 1. The van der Waals surface area contributed by atoms with Crippen molar-refractivity contribution >= 4 is 0 Å². The van der Waals surface area contributed by atoms with Crippen molar-refractivity contribution in [1.29, 1.82) is 5.26 Å². The maximum Gasteiger partial charge on any atom is 0.108 e. The van der Waals surface area contributed by atoms with E-state index < -0.39 is 0 Å². The van der Waals surface area contributed by atoms with Gasteiger partial charge in [0.1, 0.15) is 6.04 Å². The van der Waals surface area contributed by atoms with Crippen LogP contribution in [0.4, 0.5) is 0 Å². The minimum atomic E-state index is 0.00563. The minimum Gasteiger partial charge on any atom is -0.302 e. The van der Waals surface area contributed by atoms with Gasteiger partial charge in [-0.15, -0.1) is 0 Å². The Morgan fingerprint density at radius 1 is 1.41 bits per heavy atom. The van der Waals surface area contributed by atoms with Gasteiger partial charge in [-0.1, -0.05) is 0 Å². The van der Waals surface area contributed by atoms with E-state index in [2.05, 4.69) is 28.2 Å². The molecule has 1 saturated heterocycles. The maximum absolute atomic E-state index is 9.08. The second-order valence-corrected chi connectivity index (χ2v) is 5.43. The Labute approximate surface area is 105 Å². The number of rotatable bonds is 7. The molecule has 0 aromatic carbocycles. The van der Waals surface area contributed by atoms with Crippen molar-refractivity contribution in [1.82, 2.24) is 15.1 Å². The summed E-state index contributed by atoms with van der Waals surface area (Å²) in [5, 5.41) is 12.5. The molecule has 17 heavy (non-hydrogen) atoms. The van der Waals surface area contributed by atoms with Crippen molar-refractivity contribution < 1.29 is 0 Å². The predicted octanol–water partition coefficient (Wildman–Crippen LogP) is 0.658. The van der Waals surface area contributed by atoms with E-state index in [0.717, 1.165) is 19.6 Å². The Bertz CT molecular complexity index is 263. The molecule has 2 rings (SSSR count). The fourth-order valence-corrected chi connectivity index (χ4v) is 2.39. The van der Waals surface area contributed by atoms with Crippen molar-refractivity contribution in [2.45, 2.75) is 37.8 Å². The van der Waals surface area contributed by atoms with Gasteiger partial charge in [0.05, 0.1) is 6.07 Å². The van der Waals surface area contributed by atoms with E-state index in [0.29, 0.717) is 6.04 Å². The number of likely N-dealkylation sites (tertiary alicyclic amines) is 1. The Kier molecular flexibility index (Phi) is 4.78. The summed E-state index contributed by atoms with van der Waals surface area (Å²) in [5.74, 6) is 0. The maximum atomic E-state index is 9.08. The molecular formula is C13H24N4. The van der Waals surface area contributed by atoms with E-state index in [1.165, 1.54) is 38.8 Å². The van der Waals surface area contributed by atoms with Crippen molar-refractivity contribution in [3.8, 4) is 6.07 Å². The van der Waals surface area contributed by atoms with Gasteiger partial charge >= 0.3 is 0 Å². The molecule has 1 N–H and O–H groups in total. The predicted molar refractivity (Wildman–Crippen MR) is 68.7 cm³/mol. The SMILES string of the molecule is CN(CCN1CCCC1)CC(C#N)NC1CC1. The third kappa shape index (κ3) is 4.63. The van der Waals surface area contributed by atoms with Gasteiger partial charge in [0.2, 0.25) is 0 Å². The highest BCUT2D eigenvalue weighted by Crippen LogP contribution is 2.19. The number of nitriles is 1. The van der Waals surface area contributed by atoms with Crippen LogP contribution in [0.5, 0.6) is 0 Å².